The number of hydrogen-bond acceptors (Lipinski definition) is 3. The molecule has 1 fully saturated rings. The molecule has 0 spiro atoms. The highest BCUT2D eigenvalue weighted by Gasteiger charge is 2.17. The monoisotopic (exact) mass is 145 g/mol. The number of thioether (sulfide) groups is 1. The third-order valence-corrected chi connectivity index (χ3v) is 1.72. The molecule has 51 valence electrons. The molecule has 2 nitrogen and oxygen atoms in total. The molecule has 0 aliphatic carbocycles. The molecule has 0 saturated carbocycles. The summed E-state index contributed by atoms with van der Waals surface area (Å²) in [5.41, 5.74) is 0.690. The zero-order valence-electron chi connectivity index (χ0n) is 5.13. The summed E-state index contributed by atoms with van der Waals surface area (Å²) >= 11 is 1.54. The van der Waals surface area contributed by atoms with Gasteiger partial charge in [-0.05, 0) is 0 Å². The van der Waals surface area contributed by atoms with E-state index in [9.17, 15) is 0 Å². The van der Waals surface area contributed by atoms with Gasteiger partial charge in [0.25, 0.3) is 5.62 Å². The standard InChI is InChI=1S/C6H9O2S/c1-2-5-9-6-7-3-4-8-6/h2H,1,3-5H2. The van der Waals surface area contributed by atoms with Crippen LogP contribution in [0.5, 0.6) is 0 Å². The van der Waals surface area contributed by atoms with Gasteiger partial charge in [0, 0.05) is 5.75 Å². The largest absolute Gasteiger partial charge is 0.334 e. The molecule has 0 aromatic carbocycles. The van der Waals surface area contributed by atoms with Gasteiger partial charge in [-0.15, -0.1) is 6.58 Å². The molecule has 1 radical (unpaired) electrons. The second-order valence-electron chi connectivity index (χ2n) is 1.55. The summed E-state index contributed by atoms with van der Waals surface area (Å²) in [5, 5.41) is 0. The lowest BCUT2D eigenvalue weighted by atomic mass is 10.8. The van der Waals surface area contributed by atoms with Crippen molar-refractivity contribution in [2.45, 2.75) is 0 Å². The van der Waals surface area contributed by atoms with Crippen LogP contribution < -0.4 is 0 Å². The van der Waals surface area contributed by atoms with Gasteiger partial charge < -0.3 is 9.47 Å². The highest BCUT2D eigenvalue weighted by atomic mass is 32.2. The van der Waals surface area contributed by atoms with E-state index in [4.69, 9.17) is 9.47 Å². The predicted octanol–water partition coefficient (Wildman–Crippen LogP) is 1.40. The Morgan fingerprint density at radius 1 is 1.56 bits per heavy atom. The molecule has 1 rings (SSSR count). The van der Waals surface area contributed by atoms with Crippen LogP contribution in [0.2, 0.25) is 0 Å². The normalized spacial score (nSPS) is 20.4. The minimum Gasteiger partial charge on any atom is -0.334 e. The van der Waals surface area contributed by atoms with Crippen molar-refractivity contribution in [3.8, 4) is 0 Å². The van der Waals surface area contributed by atoms with Gasteiger partial charge in [0.1, 0.15) is 0 Å². The first kappa shape index (κ1) is 7.12. The quantitative estimate of drug-likeness (QED) is 0.559. The van der Waals surface area contributed by atoms with Crippen molar-refractivity contribution in [3.63, 3.8) is 0 Å². The molecule has 0 aromatic rings. The summed E-state index contributed by atoms with van der Waals surface area (Å²) < 4.78 is 10.1. The smallest absolute Gasteiger partial charge is 0.286 e. The van der Waals surface area contributed by atoms with Gasteiger partial charge in [-0.1, -0.05) is 17.8 Å². The second-order valence-corrected chi connectivity index (χ2v) is 2.50. The molecule has 1 heterocycles. The van der Waals surface area contributed by atoms with Crippen molar-refractivity contribution in [1.29, 1.82) is 0 Å². The highest BCUT2D eigenvalue weighted by molar-refractivity contribution is 8.01. The van der Waals surface area contributed by atoms with Crippen LogP contribution in [0.4, 0.5) is 0 Å². The van der Waals surface area contributed by atoms with E-state index in [-0.39, 0.29) is 0 Å². The maximum Gasteiger partial charge on any atom is 0.286 e. The van der Waals surface area contributed by atoms with Crippen LogP contribution in [0, 0.1) is 5.62 Å². The average Bonchev–Trinajstić information content (AvgIpc) is 2.34. The highest BCUT2D eigenvalue weighted by Crippen LogP contribution is 2.25. The molecular weight excluding hydrogens is 136 g/mol. The lowest BCUT2D eigenvalue weighted by molar-refractivity contribution is 0.135. The van der Waals surface area contributed by atoms with E-state index >= 15 is 0 Å². The van der Waals surface area contributed by atoms with Crippen molar-refractivity contribution >= 4 is 11.8 Å². The summed E-state index contributed by atoms with van der Waals surface area (Å²) in [6.45, 7) is 4.96. The zero-order chi connectivity index (χ0) is 6.53. The Kier molecular flexibility index (Phi) is 3.11. The van der Waals surface area contributed by atoms with Crippen molar-refractivity contribution < 1.29 is 9.47 Å². The van der Waals surface area contributed by atoms with Gasteiger partial charge in [0.15, 0.2) is 0 Å². The van der Waals surface area contributed by atoms with E-state index in [2.05, 4.69) is 6.58 Å². The van der Waals surface area contributed by atoms with Gasteiger partial charge in [0.2, 0.25) is 0 Å². The molecule has 1 aliphatic rings. The summed E-state index contributed by atoms with van der Waals surface area (Å²) in [5.74, 6) is 0.856. The Hall–Kier alpha value is 0.01000. The van der Waals surface area contributed by atoms with E-state index in [1.54, 1.807) is 0 Å². The summed E-state index contributed by atoms with van der Waals surface area (Å²) in [6, 6.07) is 0. The minimum absolute atomic E-state index is 0.690. The lowest BCUT2D eigenvalue weighted by Gasteiger charge is -2.01. The van der Waals surface area contributed by atoms with E-state index in [0.717, 1.165) is 5.75 Å². The maximum absolute atomic E-state index is 5.06. The molecule has 3 heteroatoms. The van der Waals surface area contributed by atoms with Gasteiger partial charge in [-0.25, -0.2) is 0 Å². The zero-order valence-corrected chi connectivity index (χ0v) is 5.95. The molecule has 0 N–H and O–H groups in total. The Bertz CT molecular complexity index is 89.1. The topological polar surface area (TPSA) is 18.5 Å². The molecule has 9 heavy (non-hydrogen) atoms. The fraction of sp³-hybridized carbons (Fsp3) is 0.500. The molecular formula is C6H9O2S. The minimum atomic E-state index is 0.690. The average molecular weight is 145 g/mol. The van der Waals surface area contributed by atoms with Crippen LogP contribution in [0.1, 0.15) is 0 Å². The van der Waals surface area contributed by atoms with Crippen molar-refractivity contribution in [2.75, 3.05) is 19.0 Å². The maximum atomic E-state index is 5.06. The third-order valence-electron chi connectivity index (χ3n) is 0.842. The van der Waals surface area contributed by atoms with E-state index in [0.29, 0.717) is 18.8 Å². The number of ether oxygens (including phenoxy) is 2. The summed E-state index contributed by atoms with van der Waals surface area (Å²) in [7, 11) is 0. The van der Waals surface area contributed by atoms with E-state index < -0.39 is 0 Å². The van der Waals surface area contributed by atoms with Crippen molar-refractivity contribution in [2.24, 2.45) is 0 Å². The SMILES string of the molecule is C=CCS[C]1OCCO1. The molecule has 0 aromatic heterocycles. The van der Waals surface area contributed by atoms with Gasteiger partial charge in [0.05, 0.1) is 13.2 Å². The first-order valence-corrected chi connectivity index (χ1v) is 3.78. The van der Waals surface area contributed by atoms with E-state index in [1.807, 2.05) is 6.08 Å². The number of hydrogen-bond donors (Lipinski definition) is 0. The van der Waals surface area contributed by atoms with Gasteiger partial charge >= 0.3 is 0 Å². The van der Waals surface area contributed by atoms with Crippen LogP contribution in [-0.2, 0) is 9.47 Å². The molecule has 0 amide bonds. The Balaban J connectivity index is 2.04. The van der Waals surface area contributed by atoms with Crippen molar-refractivity contribution in [1.82, 2.24) is 0 Å². The molecule has 1 aliphatic heterocycles. The molecule has 0 bridgehead atoms. The van der Waals surface area contributed by atoms with Gasteiger partial charge in [-0.2, -0.15) is 0 Å². The Morgan fingerprint density at radius 2 is 2.22 bits per heavy atom. The molecule has 0 atom stereocenters. The van der Waals surface area contributed by atoms with Crippen LogP contribution in [0.3, 0.4) is 0 Å². The predicted molar refractivity (Wildman–Crippen MR) is 37.8 cm³/mol. The van der Waals surface area contributed by atoms with Crippen LogP contribution in [0.15, 0.2) is 12.7 Å². The fourth-order valence-corrected chi connectivity index (χ4v) is 1.09. The first-order valence-electron chi connectivity index (χ1n) is 2.79. The third kappa shape index (κ3) is 2.39. The molecule has 0 unspecified atom stereocenters. The van der Waals surface area contributed by atoms with Crippen LogP contribution >= 0.6 is 11.8 Å². The first-order chi connectivity index (χ1) is 4.43. The lowest BCUT2D eigenvalue weighted by Crippen LogP contribution is -1.89. The second kappa shape index (κ2) is 3.93. The fourth-order valence-electron chi connectivity index (χ4n) is 0.502. The van der Waals surface area contributed by atoms with Crippen molar-refractivity contribution in [3.05, 3.63) is 18.3 Å². The molecule has 1 saturated heterocycles. The summed E-state index contributed by atoms with van der Waals surface area (Å²) in [6.07, 6.45) is 1.82. The van der Waals surface area contributed by atoms with Crippen LogP contribution in [0.25, 0.3) is 0 Å². The Labute approximate surface area is 59.2 Å². The van der Waals surface area contributed by atoms with E-state index in [1.165, 1.54) is 11.8 Å². The number of rotatable bonds is 3. The van der Waals surface area contributed by atoms with Gasteiger partial charge in [-0.3, -0.25) is 0 Å². The summed E-state index contributed by atoms with van der Waals surface area (Å²) in [4.78, 5) is 0. The Morgan fingerprint density at radius 3 is 2.78 bits per heavy atom. The van der Waals surface area contributed by atoms with Crippen LogP contribution in [-0.4, -0.2) is 19.0 Å².